The molecule has 0 bridgehead atoms. The van der Waals surface area contributed by atoms with E-state index in [0.717, 1.165) is 56.8 Å². The van der Waals surface area contributed by atoms with Crippen molar-refractivity contribution in [3.05, 3.63) is 228 Å². The second-order valence-electron chi connectivity index (χ2n) is 18.6. The van der Waals surface area contributed by atoms with Gasteiger partial charge in [-0.3, -0.25) is 19.2 Å². The van der Waals surface area contributed by atoms with E-state index in [9.17, 15) is 32.3 Å². The van der Waals surface area contributed by atoms with Gasteiger partial charge in [0, 0.05) is 25.1 Å². The van der Waals surface area contributed by atoms with E-state index in [0.29, 0.717) is 52.9 Å². The molecule has 8 aromatic carbocycles. The van der Waals surface area contributed by atoms with Gasteiger partial charge < -0.3 is 25.2 Å². The van der Waals surface area contributed by atoms with Crippen LogP contribution in [0.15, 0.2) is 170 Å². The Morgan fingerprint density at radius 1 is 0.392 bits per heavy atom. The van der Waals surface area contributed by atoms with Crippen LogP contribution in [0, 0.1) is 0 Å². The van der Waals surface area contributed by atoms with Crippen molar-refractivity contribution in [3.63, 3.8) is 0 Å². The molecular weight excluding hydrogens is 1120 g/mol. The average molecular weight is 1180 g/mol. The Labute approximate surface area is 480 Å². The zero-order chi connectivity index (χ0) is 58.2. The lowest BCUT2D eigenvalue weighted by molar-refractivity contribution is -0.138. The fourth-order valence-electron chi connectivity index (χ4n) is 8.03. The summed E-state index contributed by atoms with van der Waals surface area (Å²) >= 11 is 29.6. The van der Waals surface area contributed by atoms with Crippen LogP contribution in [0.1, 0.15) is 54.2 Å². The highest BCUT2D eigenvalue weighted by Crippen LogP contribution is 2.35. The fraction of sp³-hybridized carbons (Fsp3) is 0.161. The van der Waals surface area contributed by atoms with E-state index in [2.05, 4.69) is 32.9 Å². The minimum absolute atomic E-state index is 0.0308. The molecule has 4 N–H and O–H groups in total. The number of aliphatic carboxylic acids is 4. The predicted molar refractivity (Wildman–Crippen MR) is 308 cm³/mol. The molecule has 0 saturated heterocycles. The molecule has 0 saturated carbocycles. The Kier molecular flexibility index (Phi) is 22.6. The van der Waals surface area contributed by atoms with Gasteiger partial charge in [-0.25, -0.2) is 0 Å². The highest BCUT2D eigenvalue weighted by atomic mass is 35.5. The van der Waals surface area contributed by atoms with Gasteiger partial charge in [-0.05, 0) is 163 Å². The number of hydrogen-bond donors (Lipinski definition) is 4. The SMILES string of the molecule is CC(C)(C)c1ccc(-c2ccc(Cl)cc2CC(=O)O)cc1.COc1ccc(-c2ccc(Cl)cc2CC(=O)O)cc1.O=C(O)Cc1cc(Cl)ccc1-c1ccc(C(F)(F)F)cc1.O=C(O)Cc1cc(Cl)ccc1-c1cccc(Cl)c1. The van der Waals surface area contributed by atoms with Crippen molar-refractivity contribution in [2.75, 3.05) is 7.11 Å². The molecule has 79 heavy (non-hydrogen) atoms. The average Bonchev–Trinajstić information content (AvgIpc) is 3.36. The van der Waals surface area contributed by atoms with Crippen LogP contribution in [0.3, 0.4) is 0 Å². The van der Waals surface area contributed by atoms with Crippen molar-refractivity contribution in [3.8, 4) is 50.3 Å². The van der Waals surface area contributed by atoms with Crippen LogP contribution in [-0.4, -0.2) is 51.4 Å². The number of carbonyl (C=O) groups is 4. The summed E-state index contributed by atoms with van der Waals surface area (Å²) in [7, 11) is 1.60. The lowest BCUT2D eigenvalue weighted by Gasteiger charge is -2.19. The van der Waals surface area contributed by atoms with E-state index >= 15 is 0 Å². The molecule has 0 aliphatic heterocycles. The summed E-state index contributed by atoms with van der Waals surface area (Å²) in [6.07, 6.45) is -4.80. The number of ether oxygens (including phenoxy) is 1. The molecule has 8 aromatic rings. The van der Waals surface area contributed by atoms with Gasteiger partial charge in [0.1, 0.15) is 5.75 Å². The first kappa shape index (κ1) is 62.5. The summed E-state index contributed by atoms with van der Waals surface area (Å²) in [6.45, 7) is 6.50. The summed E-state index contributed by atoms with van der Waals surface area (Å²) in [5.74, 6) is -2.90. The molecule has 17 heteroatoms. The summed E-state index contributed by atoms with van der Waals surface area (Å²) in [5.41, 5.74) is 9.69. The number of hydrogen-bond acceptors (Lipinski definition) is 5. The number of carboxylic acids is 4. The van der Waals surface area contributed by atoms with E-state index in [1.54, 1.807) is 67.8 Å². The first-order valence-corrected chi connectivity index (χ1v) is 25.8. The number of alkyl halides is 3. The van der Waals surface area contributed by atoms with Gasteiger partial charge in [0.2, 0.25) is 0 Å². The Hall–Kier alpha value is -7.32. The second kappa shape index (κ2) is 28.5. The normalized spacial score (nSPS) is 10.9. The molecule has 0 spiro atoms. The minimum atomic E-state index is -4.40. The third-order valence-corrected chi connectivity index (χ3v) is 12.9. The Balaban J connectivity index is 0.000000194. The van der Waals surface area contributed by atoms with Gasteiger partial charge in [0.05, 0.1) is 38.4 Å². The molecule has 0 fully saturated rings. The molecule has 0 atom stereocenters. The molecule has 0 aromatic heterocycles. The second-order valence-corrected chi connectivity index (χ2v) is 20.8. The first-order valence-electron chi connectivity index (χ1n) is 23.9. The topological polar surface area (TPSA) is 158 Å². The molecule has 0 amide bonds. The molecule has 410 valence electrons. The maximum Gasteiger partial charge on any atom is 0.416 e. The molecule has 0 heterocycles. The zero-order valence-corrected chi connectivity index (χ0v) is 46.6. The lowest BCUT2D eigenvalue weighted by atomic mass is 9.86. The molecule has 8 rings (SSSR count). The van der Waals surface area contributed by atoms with Gasteiger partial charge in [-0.1, -0.05) is 164 Å². The number of methoxy groups -OCH3 is 1. The maximum absolute atomic E-state index is 12.5. The first-order chi connectivity index (χ1) is 37.2. The van der Waals surface area contributed by atoms with Crippen molar-refractivity contribution < 1.29 is 57.5 Å². The quantitative estimate of drug-likeness (QED) is 0.0882. The fourth-order valence-corrected chi connectivity index (χ4v) is 9.00. The van der Waals surface area contributed by atoms with E-state index in [1.807, 2.05) is 66.7 Å². The smallest absolute Gasteiger partial charge is 0.416 e. The van der Waals surface area contributed by atoms with Crippen LogP contribution in [-0.2, 0) is 56.5 Å². The number of rotatable bonds is 13. The predicted octanol–water partition coefficient (Wildman–Crippen LogP) is 17.5. The van der Waals surface area contributed by atoms with Crippen LogP contribution >= 0.6 is 58.0 Å². The van der Waals surface area contributed by atoms with Crippen LogP contribution in [0.4, 0.5) is 13.2 Å². The van der Waals surface area contributed by atoms with Crippen LogP contribution in [0.2, 0.25) is 25.1 Å². The summed E-state index contributed by atoms with van der Waals surface area (Å²) < 4.78 is 42.7. The number of halogens is 8. The Morgan fingerprint density at radius 2 is 0.684 bits per heavy atom. The summed E-state index contributed by atoms with van der Waals surface area (Å²) in [4.78, 5) is 43.6. The highest BCUT2D eigenvalue weighted by Gasteiger charge is 2.30. The van der Waals surface area contributed by atoms with Gasteiger partial charge >= 0.3 is 30.1 Å². The van der Waals surface area contributed by atoms with Crippen molar-refractivity contribution in [2.24, 2.45) is 0 Å². The number of benzene rings is 8. The van der Waals surface area contributed by atoms with Crippen molar-refractivity contribution in [2.45, 2.75) is 58.0 Å². The van der Waals surface area contributed by atoms with E-state index in [1.165, 1.54) is 23.8 Å². The summed E-state index contributed by atoms with van der Waals surface area (Å²) in [5, 5.41) is 38.4. The molecule has 0 aliphatic rings. The Morgan fingerprint density at radius 3 is 0.962 bits per heavy atom. The van der Waals surface area contributed by atoms with Crippen molar-refractivity contribution in [1.29, 1.82) is 0 Å². The molecule has 0 aliphatic carbocycles. The van der Waals surface area contributed by atoms with Crippen LogP contribution in [0.5, 0.6) is 5.75 Å². The highest BCUT2D eigenvalue weighted by molar-refractivity contribution is 6.32. The standard InChI is InChI=1S/C18H19ClO2.C15H10ClF3O2.C15H13ClO3.C14H10Cl2O2/c1-18(2,3)14-6-4-12(5-7-14)16-9-8-15(19)10-13(16)11-17(20)21;16-12-5-6-13(10(7-12)8-14(20)21)9-1-3-11(4-2-9)15(17,18)19;1-19-13-5-2-10(3-6-13)14-7-4-12(16)8-11(14)9-15(17)18;15-11-3-1-2-9(6-11)13-5-4-12(16)7-10(13)8-14(17)18/h4-10H,11H2,1-3H3,(H,20,21);1-7H,8H2,(H,20,21);2-8H,9H2,1H3,(H,17,18);1-7H,8H2,(H,17,18). The largest absolute Gasteiger partial charge is 0.497 e. The van der Waals surface area contributed by atoms with E-state index in [-0.39, 0.29) is 31.1 Å². The van der Waals surface area contributed by atoms with Gasteiger partial charge in [-0.2, -0.15) is 13.2 Å². The third-order valence-electron chi connectivity index (χ3n) is 11.8. The molecule has 0 unspecified atom stereocenters. The minimum Gasteiger partial charge on any atom is -0.497 e. The third kappa shape index (κ3) is 19.5. The monoisotopic (exact) mass is 1170 g/mol. The molecular formula is C62H52Cl5F3O9. The van der Waals surface area contributed by atoms with Crippen LogP contribution < -0.4 is 4.74 Å². The van der Waals surface area contributed by atoms with Gasteiger partial charge in [-0.15, -0.1) is 0 Å². The van der Waals surface area contributed by atoms with Crippen LogP contribution in [0.25, 0.3) is 44.5 Å². The zero-order valence-electron chi connectivity index (χ0n) is 42.8. The van der Waals surface area contributed by atoms with E-state index < -0.39 is 35.6 Å². The van der Waals surface area contributed by atoms with Crippen molar-refractivity contribution >= 4 is 81.9 Å². The molecule has 9 nitrogen and oxygen atoms in total. The van der Waals surface area contributed by atoms with E-state index in [4.69, 9.17) is 83.2 Å². The Bertz CT molecular complexity index is 3300. The van der Waals surface area contributed by atoms with Gasteiger partial charge in [0.15, 0.2) is 0 Å². The lowest BCUT2D eigenvalue weighted by Crippen LogP contribution is -2.10. The molecule has 0 radical (unpaired) electrons. The number of carboxylic acid groups (broad SMARTS) is 4. The van der Waals surface area contributed by atoms with Gasteiger partial charge in [0.25, 0.3) is 0 Å². The van der Waals surface area contributed by atoms with Crippen molar-refractivity contribution in [1.82, 2.24) is 0 Å². The maximum atomic E-state index is 12.5. The summed E-state index contributed by atoms with van der Waals surface area (Å²) in [6, 6.07) is 48.2.